The van der Waals surface area contributed by atoms with E-state index in [1.165, 1.54) is 5.56 Å². The van der Waals surface area contributed by atoms with Gasteiger partial charge in [0.15, 0.2) is 0 Å². The molecule has 0 spiro atoms. The molecule has 1 amide bonds. The van der Waals surface area contributed by atoms with Crippen molar-refractivity contribution in [2.45, 2.75) is 39.2 Å². The first-order chi connectivity index (χ1) is 10.1. The summed E-state index contributed by atoms with van der Waals surface area (Å²) in [6.07, 6.45) is 0.441. The van der Waals surface area contributed by atoms with Crippen molar-refractivity contribution >= 4 is 18.3 Å². The normalized spacial score (nSPS) is 18.0. The van der Waals surface area contributed by atoms with Crippen LogP contribution in [0.5, 0.6) is 5.75 Å². The number of rotatable bonds is 5. The molecule has 1 saturated heterocycles. The van der Waals surface area contributed by atoms with E-state index < -0.39 is 0 Å². The molecule has 22 heavy (non-hydrogen) atoms. The van der Waals surface area contributed by atoms with Crippen LogP contribution in [0.15, 0.2) is 24.3 Å². The van der Waals surface area contributed by atoms with E-state index in [1.807, 2.05) is 17.0 Å². The minimum atomic E-state index is 0. The molecule has 1 N–H and O–H groups in total. The molecule has 5 heteroatoms. The Morgan fingerprint density at radius 1 is 1.36 bits per heavy atom. The van der Waals surface area contributed by atoms with E-state index in [0.29, 0.717) is 18.9 Å². The summed E-state index contributed by atoms with van der Waals surface area (Å²) in [7, 11) is 0. The Labute approximate surface area is 139 Å². The van der Waals surface area contributed by atoms with Gasteiger partial charge in [-0.05, 0) is 30.5 Å². The third-order valence-corrected chi connectivity index (χ3v) is 3.95. The summed E-state index contributed by atoms with van der Waals surface area (Å²) in [6, 6.07) is 8.40. The SMILES string of the molecule is CC(C)c1ccc(OCCC(=O)N2CCNC[C@H]2C)cc1.Cl. The fraction of sp³-hybridized carbons (Fsp3) is 0.588. The summed E-state index contributed by atoms with van der Waals surface area (Å²) in [5.41, 5.74) is 1.30. The molecular formula is C17H27ClN2O2. The minimum absolute atomic E-state index is 0. The monoisotopic (exact) mass is 326 g/mol. The molecule has 1 aromatic rings. The van der Waals surface area contributed by atoms with Crippen molar-refractivity contribution in [3.8, 4) is 5.75 Å². The van der Waals surface area contributed by atoms with Crippen LogP contribution in [0.3, 0.4) is 0 Å². The van der Waals surface area contributed by atoms with Crippen molar-refractivity contribution in [2.75, 3.05) is 26.2 Å². The third-order valence-electron chi connectivity index (χ3n) is 3.95. The van der Waals surface area contributed by atoms with Crippen molar-refractivity contribution in [3.63, 3.8) is 0 Å². The molecule has 0 unspecified atom stereocenters. The third kappa shape index (κ3) is 5.18. The van der Waals surface area contributed by atoms with Crippen LogP contribution in [-0.2, 0) is 4.79 Å². The summed E-state index contributed by atoms with van der Waals surface area (Å²) in [5, 5.41) is 3.29. The van der Waals surface area contributed by atoms with Crippen LogP contribution in [0.25, 0.3) is 0 Å². The Morgan fingerprint density at radius 2 is 2.05 bits per heavy atom. The maximum atomic E-state index is 12.2. The average Bonchev–Trinajstić information content (AvgIpc) is 2.48. The predicted octanol–water partition coefficient (Wildman–Crippen LogP) is 2.82. The van der Waals surface area contributed by atoms with Gasteiger partial charge in [0.1, 0.15) is 5.75 Å². The number of carbonyl (C=O) groups is 1. The van der Waals surface area contributed by atoms with Crippen LogP contribution >= 0.6 is 12.4 Å². The lowest BCUT2D eigenvalue weighted by atomic mass is 10.0. The fourth-order valence-corrected chi connectivity index (χ4v) is 2.56. The van der Waals surface area contributed by atoms with Crippen LogP contribution in [0, 0.1) is 0 Å². The molecule has 0 radical (unpaired) electrons. The average molecular weight is 327 g/mol. The Morgan fingerprint density at radius 3 is 2.64 bits per heavy atom. The van der Waals surface area contributed by atoms with Gasteiger partial charge >= 0.3 is 0 Å². The van der Waals surface area contributed by atoms with Crippen molar-refractivity contribution in [2.24, 2.45) is 0 Å². The first kappa shape index (κ1) is 18.8. The molecule has 0 bridgehead atoms. The van der Waals surface area contributed by atoms with Crippen molar-refractivity contribution in [3.05, 3.63) is 29.8 Å². The standard InChI is InChI=1S/C17H26N2O2.ClH/c1-13(2)15-4-6-16(7-5-15)21-11-8-17(20)19-10-9-18-12-14(19)3;/h4-7,13-14,18H,8-12H2,1-3H3;1H/t14-;/m1./s1. The number of carbonyl (C=O) groups excluding carboxylic acids is 1. The molecule has 1 atom stereocenters. The molecule has 1 fully saturated rings. The van der Waals surface area contributed by atoms with Gasteiger partial charge in [0.05, 0.1) is 13.0 Å². The molecule has 0 saturated carbocycles. The zero-order valence-electron chi connectivity index (χ0n) is 13.7. The number of amides is 1. The summed E-state index contributed by atoms with van der Waals surface area (Å²) >= 11 is 0. The van der Waals surface area contributed by atoms with Gasteiger partial charge in [-0.1, -0.05) is 26.0 Å². The van der Waals surface area contributed by atoms with E-state index in [0.717, 1.165) is 25.4 Å². The highest BCUT2D eigenvalue weighted by Crippen LogP contribution is 2.18. The highest BCUT2D eigenvalue weighted by Gasteiger charge is 2.22. The fourth-order valence-electron chi connectivity index (χ4n) is 2.56. The number of halogens is 1. The maximum Gasteiger partial charge on any atom is 0.226 e. The lowest BCUT2D eigenvalue weighted by molar-refractivity contribution is -0.134. The van der Waals surface area contributed by atoms with Gasteiger partial charge in [0, 0.05) is 25.7 Å². The summed E-state index contributed by atoms with van der Waals surface area (Å²) in [5.74, 6) is 1.54. The molecule has 0 aromatic heterocycles. The van der Waals surface area contributed by atoms with Gasteiger partial charge < -0.3 is 15.0 Å². The molecule has 2 rings (SSSR count). The zero-order chi connectivity index (χ0) is 15.2. The van der Waals surface area contributed by atoms with Crippen molar-refractivity contribution < 1.29 is 9.53 Å². The van der Waals surface area contributed by atoms with E-state index in [9.17, 15) is 4.79 Å². The van der Waals surface area contributed by atoms with Crippen LogP contribution in [0.2, 0.25) is 0 Å². The lowest BCUT2D eigenvalue weighted by Gasteiger charge is -2.34. The number of nitrogens with one attached hydrogen (secondary N) is 1. The molecule has 0 aliphatic carbocycles. The van der Waals surface area contributed by atoms with Crippen LogP contribution in [-0.4, -0.2) is 43.1 Å². The highest BCUT2D eigenvalue weighted by molar-refractivity contribution is 5.85. The van der Waals surface area contributed by atoms with Crippen LogP contribution in [0.1, 0.15) is 38.7 Å². The molecular weight excluding hydrogens is 300 g/mol. The first-order valence-corrected chi connectivity index (χ1v) is 7.81. The summed E-state index contributed by atoms with van der Waals surface area (Å²) < 4.78 is 5.67. The number of ether oxygens (including phenoxy) is 1. The van der Waals surface area contributed by atoms with Gasteiger partial charge in [0.25, 0.3) is 0 Å². The first-order valence-electron chi connectivity index (χ1n) is 7.81. The van der Waals surface area contributed by atoms with Gasteiger partial charge in [0.2, 0.25) is 5.91 Å². The largest absolute Gasteiger partial charge is 0.493 e. The van der Waals surface area contributed by atoms with Gasteiger partial charge in [-0.2, -0.15) is 0 Å². The molecule has 1 aliphatic heterocycles. The van der Waals surface area contributed by atoms with Crippen molar-refractivity contribution in [1.82, 2.24) is 10.2 Å². The zero-order valence-corrected chi connectivity index (χ0v) is 14.5. The summed E-state index contributed by atoms with van der Waals surface area (Å²) in [4.78, 5) is 14.1. The van der Waals surface area contributed by atoms with E-state index >= 15 is 0 Å². The molecule has 1 heterocycles. The number of hydrogen-bond acceptors (Lipinski definition) is 3. The van der Waals surface area contributed by atoms with E-state index in [4.69, 9.17) is 4.74 Å². The molecule has 1 aromatic carbocycles. The van der Waals surface area contributed by atoms with Gasteiger partial charge in [-0.25, -0.2) is 0 Å². The highest BCUT2D eigenvalue weighted by atomic mass is 35.5. The maximum absolute atomic E-state index is 12.2. The molecule has 1 aliphatic rings. The Balaban J connectivity index is 0.00000242. The molecule has 124 valence electrons. The Hall–Kier alpha value is -1.26. The number of hydrogen-bond donors (Lipinski definition) is 1. The summed E-state index contributed by atoms with van der Waals surface area (Å²) in [6.45, 7) is 9.42. The smallest absolute Gasteiger partial charge is 0.226 e. The number of benzene rings is 1. The van der Waals surface area contributed by atoms with Gasteiger partial charge in [-0.15, -0.1) is 12.4 Å². The van der Waals surface area contributed by atoms with Crippen LogP contribution < -0.4 is 10.1 Å². The number of piperazine rings is 1. The van der Waals surface area contributed by atoms with Crippen molar-refractivity contribution in [1.29, 1.82) is 0 Å². The van der Waals surface area contributed by atoms with E-state index in [-0.39, 0.29) is 24.4 Å². The van der Waals surface area contributed by atoms with E-state index in [1.54, 1.807) is 0 Å². The minimum Gasteiger partial charge on any atom is -0.493 e. The topological polar surface area (TPSA) is 41.6 Å². The second-order valence-electron chi connectivity index (χ2n) is 5.96. The van der Waals surface area contributed by atoms with Gasteiger partial charge in [-0.3, -0.25) is 4.79 Å². The molecule has 4 nitrogen and oxygen atoms in total. The number of nitrogens with zero attached hydrogens (tertiary/aromatic N) is 1. The Kier molecular flexibility index (Phi) is 7.69. The van der Waals surface area contributed by atoms with Crippen LogP contribution in [0.4, 0.5) is 0 Å². The second kappa shape index (κ2) is 9.01. The predicted molar refractivity (Wildman–Crippen MR) is 91.9 cm³/mol. The lowest BCUT2D eigenvalue weighted by Crippen LogP contribution is -2.52. The van der Waals surface area contributed by atoms with E-state index in [2.05, 4.69) is 38.2 Å². The quantitative estimate of drug-likeness (QED) is 0.904. The Bertz CT molecular complexity index is 462. The second-order valence-corrected chi connectivity index (χ2v) is 5.96.